The molecule has 2 aliphatic rings. The summed E-state index contributed by atoms with van der Waals surface area (Å²) in [5, 5.41) is 25.8. The van der Waals surface area contributed by atoms with Crippen molar-refractivity contribution in [3.8, 4) is 0 Å². The number of nitrogens with one attached hydrogen (secondary N) is 1. The number of carboxylic acids is 1. The number of nitro benzene ring substituents is 1. The van der Waals surface area contributed by atoms with Gasteiger partial charge in [0.1, 0.15) is 0 Å². The maximum atomic E-state index is 13.4. The van der Waals surface area contributed by atoms with E-state index in [2.05, 4.69) is 58.7 Å². The topological polar surface area (TPSA) is 122 Å². The van der Waals surface area contributed by atoms with Crippen molar-refractivity contribution in [3.05, 3.63) is 123 Å². The number of nitrogens with zero attached hydrogens (tertiary/aromatic N) is 2. The van der Waals surface area contributed by atoms with Gasteiger partial charge >= 0.3 is 11.9 Å². The highest BCUT2D eigenvalue weighted by Gasteiger charge is 2.56. The van der Waals surface area contributed by atoms with Crippen LogP contribution in [0, 0.1) is 15.5 Å². The molecule has 2 heterocycles. The van der Waals surface area contributed by atoms with Gasteiger partial charge in [-0.1, -0.05) is 72.8 Å². The zero-order valence-corrected chi connectivity index (χ0v) is 26.1. The standard InChI is InChI=1S/C36H41N3O6/c1-25-31(33(40)45-3)32(27-12-10-17-30(24-27)39(43)44)36(34(41)42,26(2)37-25)18-11-21-38-22-19-35(20-23-38,28-13-6-4-7-14-28)29-15-8-5-9-16-29/h4-10,12-17,24,26,32,37H,11,18-23H2,1-3H3,(H,41,42). The van der Waals surface area contributed by atoms with Gasteiger partial charge in [0.2, 0.25) is 0 Å². The van der Waals surface area contributed by atoms with Crippen molar-refractivity contribution in [1.29, 1.82) is 0 Å². The van der Waals surface area contributed by atoms with Crippen LogP contribution in [0.4, 0.5) is 5.69 Å². The second-order valence-corrected chi connectivity index (χ2v) is 12.3. The summed E-state index contributed by atoms with van der Waals surface area (Å²) in [6.07, 6.45) is 2.71. The van der Waals surface area contributed by atoms with Crippen LogP contribution < -0.4 is 5.32 Å². The summed E-state index contributed by atoms with van der Waals surface area (Å²) in [6.45, 7) is 5.94. The highest BCUT2D eigenvalue weighted by atomic mass is 16.6. The highest BCUT2D eigenvalue weighted by molar-refractivity contribution is 5.94. The van der Waals surface area contributed by atoms with Gasteiger partial charge in [0, 0.05) is 35.2 Å². The third-order valence-corrected chi connectivity index (χ3v) is 10.1. The van der Waals surface area contributed by atoms with Crippen LogP contribution in [0.2, 0.25) is 0 Å². The molecule has 9 nitrogen and oxygen atoms in total. The Kier molecular flexibility index (Phi) is 9.39. The van der Waals surface area contributed by atoms with E-state index in [4.69, 9.17) is 4.74 Å². The normalized spacial score (nSPS) is 23.2. The summed E-state index contributed by atoms with van der Waals surface area (Å²) in [4.78, 5) is 40.1. The largest absolute Gasteiger partial charge is 0.481 e. The number of hydrogen-bond acceptors (Lipinski definition) is 7. The van der Waals surface area contributed by atoms with Gasteiger partial charge in [-0.3, -0.25) is 14.9 Å². The molecule has 2 aliphatic heterocycles. The lowest BCUT2D eigenvalue weighted by Gasteiger charge is -2.47. The summed E-state index contributed by atoms with van der Waals surface area (Å²) in [5.74, 6) is -2.65. The molecular weight excluding hydrogens is 570 g/mol. The van der Waals surface area contributed by atoms with Crippen molar-refractivity contribution in [1.82, 2.24) is 10.2 Å². The van der Waals surface area contributed by atoms with Crippen LogP contribution in [-0.4, -0.2) is 59.7 Å². The Morgan fingerprint density at radius 1 is 1.00 bits per heavy atom. The van der Waals surface area contributed by atoms with E-state index in [0.717, 1.165) is 25.9 Å². The molecule has 236 valence electrons. The van der Waals surface area contributed by atoms with Crippen LogP contribution in [0.5, 0.6) is 0 Å². The smallest absolute Gasteiger partial charge is 0.336 e. The first-order valence-electron chi connectivity index (χ1n) is 15.5. The Balaban J connectivity index is 1.41. The van der Waals surface area contributed by atoms with Gasteiger partial charge in [-0.25, -0.2) is 4.79 Å². The van der Waals surface area contributed by atoms with Gasteiger partial charge in [-0.15, -0.1) is 0 Å². The molecule has 0 saturated carbocycles. The number of likely N-dealkylation sites (tertiary alicyclic amines) is 1. The van der Waals surface area contributed by atoms with Crippen molar-refractivity contribution in [3.63, 3.8) is 0 Å². The predicted octanol–water partition coefficient (Wildman–Crippen LogP) is 6.05. The Bertz CT molecular complexity index is 1520. The van der Waals surface area contributed by atoms with Gasteiger partial charge in [-0.2, -0.15) is 0 Å². The van der Waals surface area contributed by atoms with Crippen LogP contribution in [0.1, 0.15) is 62.1 Å². The maximum Gasteiger partial charge on any atom is 0.336 e. The molecule has 0 bridgehead atoms. The number of rotatable bonds is 10. The molecule has 5 rings (SSSR count). The van der Waals surface area contributed by atoms with Gasteiger partial charge in [0.25, 0.3) is 5.69 Å². The molecule has 0 amide bonds. The Morgan fingerprint density at radius 2 is 1.60 bits per heavy atom. The summed E-state index contributed by atoms with van der Waals surface area (Å²) in [6, 6.07) is 26.7. The van der Waals surface area contributed by atoms with Crippen molar-refractivity contribution >= 4 is 17.6 Å². The average Bonchev–Trinajstić information content (AvgIpc) is 3.06. The van der Waals surface area contributed by atoms with E-state index in [0.29, 0.717) is 24.2 Å². The average molecular weight is 612 g/mol. The molecule has 3 atom stereocenters. The van der Waals surface area contributed by atoms with Crippen LogP contribution in [0.15, 0.2) is 96.2 Å². The third kappa shape index (κ3) is 5.96. The van der Waals surface area contributed by atoms with Crippen molar-refractivity contribution in [2.75, 3.05) is 26.7 Å². The number of methoxy groups -OCH3 is 1. The van der Waals surface area contributed by atoms with Crippen LogP contribution in [-0.2, 0) is 19.7 Å². The number of hydrogen-bond donors (Lipinski definition) is 2. The molecule has 0 spiro atoms. The fourth-order valence-corrected chi connectivity index (χ4v) is 7.71. The summed E-state index contributed by atoms with van der Waals surface area (Å²) >= 11 is 0. The zero-order chi connectivity index (χ0) is 32.2. The Labute approximate surface area is 264 Å². The summed E-state index contributed by atoms with van der Waals surface area (Å²) < 4.78 is 5.12. The number of allylic oxidation sites excluding steroid dienone is 1. The number of aliphatic carboxylic acids is 1. The SMILES string of the molecule is COC(=O)C1=C(C)NC(C)C(CCCN2CCC(c3ccccc3)(c3ccccc3)CC2)(C(=O)O)C1c1cccc([N+](=O)[O-])c1. The molecular formula is C36H41N3O6. The molecule has 0 radical (unpaired) electrons. The molecule has 1 saturated heterocycles. The number of esters is 1. The van der Waals surface area contributed by atoms with Gasteiger partial charge in [0.15, 0.2) is 0 Å². The number of non-ortho nitro benzene ring substituents is 1. The molecule has 45 heavy (non-hydrogen) atoms. The molecule has 1 fully saturated rings. The minimum Gasteiger partial charge on any atom is -0.481 e. The Morgan fingerprint density at radius 3 is 2.13 bits per heavy atom. The quantitative estimate of drug-likeness (QED) is 0.161. The molecule has 2 N–H and O–H groups in total. The first kappa shape index (κ1) is 31.9. The molecule has 0 aliphatic carbocycles. The summed E-state index contributed by atoms with van der Waals surface area (Å²) in [5.41, 5.74) is 2.02. The van der Waals surface area contributed by atoms with Crippen molar-refractivity contribution in [2.45, 2.75) is 56.9 Å². The van der Waals surface area contributed by atoms with Crippen molar-refractivity contribution < 1.29 is 24.4 Å². The third-order valence-electron chi connectivity index (χ3n) is 10.1. The number of piperidine rings is 1. The Hall–Kier alpha value is -4.50. The van der Waals surface area contributed by atoms with E-state index in [9.17, 15) is 24.8 Å². The minimum atomic E-state index is -1.45. The molecule has 0 aromatic heterocycles. The number of carbonyl (C=O) groups is 2. The lowest BCUT2D eigenvalue weighted by atomic mass is 9.60. The lowest BCUT2D eigenvalue weighted by Crippen LogP contribution is -2.56. The summed E-state index contributed by atoms with van der Waals surface area (Å²) in [7, 11) is 1.26. The predicted molar refractivity (Wildman–Crippen MR) is 172 cm³/mol. The minimum absolute atomic E-state index is 0.0893. The zero-order valence-electron chi connectivity index (χ0n) is 26.1. The van der Waals surface area contributed by atoms with Gasteiger partial charge in [0.05, 0.1) is 23.0 Å². The van der Waals surface area contributed by atoms with Crippen LogP contribution in [0.25, 0.3) is 0 Å². The second kappa shape index (κ2) is 13.2. The maximum absolute atomic E-state index is 13.4. The van der Waals surface area contributed by atoms with Crippen LogP contribution in [0.3, 0.4) is 0 Å². The first-order valence-corrected chi connectivity index (χ1v) is 15.5. The number of benzene rings is 3. The molecule has 9 heteroatoms. The van der Waals surface area contributed by atoms with E-state index < -0.39 is 34.2 Å². The van der Waals surface area contributed by atoms with E-state index in [1.807, 2.05) is 19.1 Å². The molecule has 3 aromatic rings. The van der Waals surface area contributed by atoms with Crippen LogP contribution >= 0.6 is 0 Å². The number of carboxylic acid groups (broad SMARTS) is 1. The molecule has 3 unspecified atom stereocenters. The number of carbonyl (C=O) groups excluding carboxylic acids is 1. The number of ether oxygens (including phenoxy) is 1. The van der Waals surface area contributed by atoms with Crippen molar-refractivity contribution in [2.24, 2.45) is 5.41 Å². The fourth-order valence-electron chi connectivity index (χ4n) is 7.71. The number of nitro groups is 1. The highest BCUT2D eigenvalue weighted by Crippen LogP contribution is 2.52. The first-order chi connectivity index (χ1) is 21.6. The monoisotopic (exact) mass is 611 g/mol. The van der Waals surface area contributed by atoms with Gasteiger partial charge in [-0.05, 0) is 75.9 Å². The lowest BCUT2D eigenvalue weighted by molar-refractivity contribution is -0.384. The second-order valence-electron chi connectivity index (χ2n) is 12.3. The fraction of sp³-hybridized carbons (Fsp3) is 0.389. The molecule has 3 aromatic carbocycles. The van der Waals surface area contributed by atoms with E-state index >= 15 is 0 Å². The van der Waals surface area contributed by atoms with E-state index in [1.165, 1.54) is 36.4 Å². The van der Waals surface area contributed by atoms with E-state index in [-0.39, 0.29) is 23.1 Å². The van der Waals surface area contributed by atoms with E-state index in [1.54, 1.807) is 13.0 Å². The van der Waals surface area contributed by atoms with Gasteiger partial charge < -0.3 is 20.1 Å².